The third-order valence-corrected chi connectivity index (χ3v) is 10.6. The molecular weight excluding hydrogens is 402 g/mol. The SMILES string of the molecule is COC(=O)CC[C@H](C)[C@H]1CC[C@H]2[C@@H]3CC[C@@H]4C/C(=N\NC(N)=O)CC[C@]4(C)[C@H]3CC[C@]12C. The molecule has 6 nitrogen and oxygen atoms in total. The maximum absolute atomic E-state index is 11.7. The highest BCUT2D eigenvalue weighted by Crippen LogP contribution is 2.68. The van der Waals surface area contributed by atoms with Gasteiger partial charge in [0.25, 0.3) is 0 Å². The smallest absolute Gasteiger partial charge is 0.332 e. The molecular formula is C26H43N3O3. The molecule has 0 spiro atoms. The second-order valence-corrected chi connectivity index (χ2v) is 11.8. The number of nitrogens with two attached hydrogens (primary N) is 1. The van der Waals surface area contributed by atoms with Gasteiger partial charge in [0.2, 0.25) is 0 Å². The van der Waals surface area contributed by atoms with Crippen LogP contribution >= 0.6 is 0 Å². The van der Waals surface area contributed by atoms with Crippen LogP contribution in [0.15, 0.2) is 5.10 Å². The summed E-state index contributed by atoms with van der Waals surface area (Å²) < 4.78 is 4.89. The highest BCUT2D eigenvalue weighted by molar-refractivity contribution is 5.87. The van der Waals surface area contributed by atoms with Crippen LogP contribution in [0.2, 0.25) is 0 Å². The molecule has 0 heterocycles. The first-order valence-corrected chi connectivity index (χ1v) is 12.9. The molecule has 4 aliphatic carbocycles. The van der Waals surface area contributed by atoms with E-state index in [1.165, 1.54) is 52.1 Å². The van der Waals surface area contributed by atoms with E-state index in [1.807, 2.05) is 0 Å². The molecule has 0 aromatic rings. The first-order valence-electron chi connectivity index (χ1n) is 12.9. The van der Waals surface area contributed by atoms with Crippen molar-refractivity contribution in [1.82, 2.24) is 5.43 Å². The van der Waals surface area contributed by atoms with Crippen molar-refractivity contribution in [3.63, 3.8) is 0 Å². The van der Waals surface area contributed by atoms with Crippen LogP contribution in [0.3, 0.4) is 0 Å². The fourth-order valence-electron chi connectivity index (χ4n) is 8.92. The van der Waals surface area contributed by atoms with Gasteiger partial charge >= 0.3 is 12.0 Å². The van der Waals surface area contributed by atoms with Crippen LogP contribution in [-0.4, -0.2) is 24.8 Å². The average Bonchev–Trinajstić information content (AvgIpc) is 3.12. The van der Waals surface area contributed by atoms with Crippen LogP contribution in [0.1, 0.15) is 91.4 Å². The topological polar surface area (TPSA) is 93.8 Å². The van der Waals surface area contributed by atoms with Gasteiger partial charge < -0.3 is 10.5 Å². The first-order chi connectivity index (χ1) is 15.2. The van der Waals surface area contributed by atoms with Gasteiger partial charge in [0.1, 0.15) is 0 Å². The van der Waals surface area contributed by atoms with E-state index in [0.717, 1.165) is 48.6 Å². The lowest BCUT2D eigenvalue weighted by atomic mass is 9.44. The Kier molecular flexibility index (Phi) is 6.61. The Morgan fingerprint density at radius 1 is 1.12 bits per heavy atom. The molecule has 0 aliphatic heterocycles. The molecule has 0 unspecified atom stereocenters. The summed E-state index contributed by atoms with van der Waals surface area (Å²) in [7, 11) is 1.49. The molecule has 0 aromatic heterocycles. The van der Waals surface area contributed by atoms with Crippen LogP contribution in [0.25, 0.3) is 0 Å². The molecule has 4 rings (SSSR count). The molecule has 2 amide bonds. The number of fused-ring (bicyclic) bond motifs is 5. The highest BCUT2D eigenvalue weighted by atomic mass is 16.5. The number of hydrogen-bond acceptors (Lipinski definition) is 4. The van der Waals surface area contributed by atoms with Gasteiger partial charge in [0.05, 0.1) is 7.11 Å². The van der Waals surface area contributed by atoms with E-state index in [0.29, 0.717) is 29.1 Å². The number of methoxy groups -OCH3 is 1. The van der Waals surface area contributed by atoms with E-state index in [-0.39, 0.29) is 5.97 Å². The van der Waals surface area contributed by atoms with Crippen LogP contribution in [0, 0.1) is 46.3 Å². The number of primary amides is 1. The Morgan fingerprint density at radius 2 is 1.88 bits per heavy atom. The highest BCUT2D eigenvalue weighted by Gasteiger charge is 2.60. The molecule has 0 bridgehead atoms. The monoisotopic (exact) mass is 445 g/mol. The summed E-state index contributed by atoms with van der Waals surface area (Å²) in [5.74, 6) is 4.40. The van der Waals surface area contributed by atoms with Gasteiger partial charge in [-0.2, -0.15) is 5.10 Å². The fraction of sp³-hybridized carbons (Fsp3) is 0.885. The quantitative estimate of drug-likeness (QED) is 0.446. The lowest BCUT2D eigenvalue weighted by Gasteiger charge is -2.60. The Hall–Kier alpha value is -1.59. The second kappa shape index (κ2) is 8.98. The van der Waals surface area contributed by atoms with Crippen molar-refractivity contribution in [2.24, 2.45) is 57.2 Å². The second-order valence-electron chi connectivity index (χ2n) is 11.8. The molecule has 3 N–H and O–H groups in total. The Labute approximate surface area is 193 Å². The summed E-state index contributed by atoms with van der Waals surface area (Å²) in [6, 6.07) is -0.572. The largest absolute Gasteiger partial charge is 0.469 e. The van der Waals surface area contributed by atoms with Crippen LogP contribution in [-0.2, 0) is 9.53 Å². The van der Waals surface area contributed by atoms with Gasteiger partial charge in [-0.05, 0) is 111 Å². The number of nitrogens with one attached hydrogen (secondary N) is 1. The number of carbonyl (C=O) groups is 2. The summed E-state index contributed by atoms with van der Waals surface area (Å²) >= 11 is 0. The van der Waals surface area contributed by atoms with Crippen molar-refractivity contribution in [2.75, 3.05) is 7.11 Å². The molecule has 6 heteroatoms. The zero-order valence-electron chi connectivity index (χ0n) is 20.5. The summed E-state index contributed by atoms with van der Waals surface area (Å²) in [5.41, 5.74) is 9.59. The molecule has 32 heavy (non-hydrogen) atoms. The number of ether oxygens (including phenoxy) is 1. The van der Waals surface area contributed by atoms with E-state index in [1.54, 1.807) is 0 Å². The third kappa shape index (κ3) is 4.07. The van der Waals surface area contributed by atoms with E-state index in [9.17, 15) is 9.59 Å². The summed E-state index contributed by atoms with van der Waals surface area (Å²) in [4.78, 5) is 22.7. The molecule has 4 fully saturated rings. The molecule has 4 aliphatic rings. The van der Waals surface area contributed by atoms with Crippen molar-refractivity contribution >= 4 is 17.7 Å². The number of rotatable bonds is 5. The molecule has 8 atom stereocenters. The van der Waals surface area contributed by atoms with Gasteiger partial charge in [-0.15, -0.1) is 0 Å². The van der Waals surface area contributed by atoms with E-state index in [4.69, 9.17) is 10.5 Å². The Balaban J connectivity index is 1.45. The van der Waals surface area contributed by atoms with Crippen LogP contribution < -0.4 is 11.2 Å². The minimum absolute atomic E-state index is 0.0715. The van der Waals surface area contributed by atoms with E-state index >= 15 is 0 Å². The number of urea groups is 1. The lowest BCUT2D eigenvalue weighted by Crippen LogP contribution is -2.54. The van der Waals surface area contributed by atoms with Crippen molar-refractivity contribution < 1.29 is 14.3 Å². The third-order valence-electron chi connectivity index (χ3n) is 10.6. The standard InChI is InChI=1S/C26H43N3O3/c1-16(5-10-23(30)32-4)20-8-9-21-19-7-6-17-15-18(28-29-24(27)31)11-13-25(17,2)22(19)12-14-26(20,21)3/h16-17,19-22H,5-15H2,1-4H3,(H3,27,29,31)/b28-18-/t16-,17+,19-,20+,21-,22-,25-,26+/m0/s1. The summed E-state index contributed by atoms with van der Waals surface area (Å²) in [6.45, 7) is 7.50. The van der Waals surface area contributed by atoms with E-state index < -0.39 is 6.03 Å². The Bertz CT molecular complexity index is 767. The lowest BCUT2D eigenvalue weighted by molar-refractivity contribution is -0.141. The minimum atomic E-state index is -0.572. The predicted molar refractivity (Wildman–Crippen MR) is 126 cm³/mol. The maximum atomic E-state index is 11.7. The zero-order valence-corrected chi connectivity index (χ0v) is 20.5. The predicted octanol–water partition coefficient (Wildman–Crippen LogP) is 5.26. The van der Waals surface area contributed by atoms with Crippen molar-refractivity contribution in [2.45, 2.75) is 91.4 Å². The fourth-order valence-corrected chi connectivity index (χ4v) is 8.92. The number of hydrazone groups is 1. The van der Waals surface area contributed by atoms with Crippen molar-refractivity contribution in [1.29, 1.82) is 0 Å². The normalized spacial score (nSPS) is 43.0. The number of nitrogens with zero attached hydrogens (tertiary/aromatic N) is 1. The zero-order chi connectivity index (χ0) is 23.1. The molecule has 0 radical (unpaired) electrons. The molecule has 4 saturated carbocycles. The number of esters is 1. The van der Waals surface area contributed by atoms with Crippen LogP contribution in [0.5, 0.6) is 0 Å². The first kappa shape index (κ1) is 23.6. The number of carbonyl (C=O) groups excluding carboxylic acids is 2. The molecule has 0 saturated heterocycles. The van der Waals surface area contributed by atoms with Gasteiger partial charge in [0, 0.05) is 12.1 Å². The van der Waals surface area contributed by atoms with Gasteiger partial charge in [-0.1, -0.05) is 20.8 Å². The summed E-state index contributed by atoms with van der Waals surface area (Å²) in [5, 5.41) is 4.30. The molecule has 0 aromatic carbocycles. The van der Waals surface area contributed by atoms with Gasteiger partial charge in [-0.25, -0.2) is 10.2 Å². The van der Waals surface area contributed by atoms with Crippen molar-refractivity contribution in [3.8, 4) is 0 Å². The average molecular weight is 446 g/mol. The number of hydrogen-bond donors (Lipinski definition) is 2. The van der Waals surface area contributed by atoms with Crippen LogP contribution in [0.4, 0.5) is 4.79 Å². The Morgan fingerprint density at radius 3 is 2.59 bits per heavy atom. The van der Waals surface area contributed by atoms with Gasteiger partial charge in [-0.3, -0.25) is 4.79 Å². The molecule has 180 valence electrons. The van der Waals surface area contributed by atoms with Gasteiger partial charge in [0.15, 0.2) is 0 Å². The summed E-state index contributed by atoms with van der Waals surface area (Å²) in [6.07, 6.45) is 12.7. The maximum Gasteiger partial charge on any atom is 0.332 e. The van der Waals surface area contributed by atoms with Crippen molar-refractivity contribution in [3.05, 3.63) is 0 Å². The number of amides is 2. The minimum Gasteiger partial charge on any atom is -0.469 e. The van der Waals surface area contributed by atoms with E-state index in [2.05, 4.69) is 31.3 Å².